The molecule has 0 aliphatic carbocycles. The molecule has 0 fully saturated rings. The van der Waals surface area contributed by atoms with Gasteiger partial charge in [-0.2, -0.15) is 0 Å². The van der Waals surface area contributed by atoms with Crippen molar-refractivity contribution in [2.45, 2.75) is 39.3 Å². The van der Waals surface area contributed by atoms with Crippen molar-refractivity contribution in [1.29, 1.82) is 0 Å². The number of esters is 1. The van der Waals surface area contributed by atoms with Gasteiger partial charge in [0.15, 0.2) is 6.10 Å². The van der Waals surface area contributed by atoms with Crippen LogP contribution in [0.25, 0.3) is 0 Å². The summed E-state index contributed by atoms with van der Waals surface area (Å²) >= 11 is 0. The minimum atomic E-state index is -1.04. The van der Waals surface area contributed by atoms with E-state index in [4.69, 9.17) is 4.74 Å². The summed E-state index contributed by atoms with van der Waals surface area (Å²) in [7, 11) is 0. The summed E-state index contributed by atoms with van der Waals surface area (Å²) < 4.78 is 4.98. The molecule has 0 saturated heterocycles. The van der Waals surface area contributed by atoms with E-state index in [1.54, 1.807) is 20.8 Å². The Morgan fingerprint density at radius 2 is 1.86 bits per heavy atom. The van der Waals surface area contributed by atoms with Crippen molar-refractivity contribution in [3.05, 3.63) is 39.9 Å². The molecule has 1 N–H and O–H groups in total. The molecule has 1 amide bonds. The number of hydrogen-bond acceptors (Lipinski definition) is 5. The van der Waals surface area contributed by atoms with Crippen molar-refractivity contribution in [2.24, 2.45) is 0 Å². The first-order valence-corrected chi connectivity index (χ1v) is 6.38. The summed E-state index contributed by atoms with van der Waals surface area (Å²) in [5.41, 5.74) is -1.000. The topological polar surface area (TPSA) is 98.5 Å². The fourth-order valence-electron chi connectivity index (χ4n) is 1.55. The molecule has 0 aliphatic heterocycles. The minimum Gasteiger partial charge on any atom is -0.449 e. The molecule has 0 aromatic heterocycles. The normalized spacial score (nSPS) is 12.4. The van der Waals surface area contributed by atoms with Crippen molar-refractivity contribution in [3.63, 3.8) is 0 Å². The van der Waals surface area contributed by atoms with E-state index < -0.39 is 28.4 Å². The molecule has 0 heterocycles. The largest absolute Gasteiger partial charge is 0.449 e. The molecule has 7 nitrogen and oxygen atoms in total. The average molecular weight is 294 g/mol. The smallest absolute Gasteiger partial charge is 0.345 e. The van der Waals surface area contributed by atoms with Gasteiger partial charge in [0.2, 0.25) is 0 Å². The highest BCUT2D eigenvalue weighted by Gasteiger charge is 2.26. The molecule has 0 aliphatic rings. The Labute approximate surface area is 122 Å². The molecular formula is C14H18N2O5. The Hall–Kier alpha value is -2.44. The summed E-state index contributed by atoms with van der Waals surface area (Å²) in [6.45, 7) is 6.79. The van der Waals surface area contributed by atoms with Gasteiger partial charge >= 0.3 is 5.97 Å². The Bertz CT molecular complexity index is 563. The molecule has 0 bridgehead atoms. The van der Waals surface area contributed by atoms with Crippen LogP contribution in [0.15, 0.2) is 24.3 Å². The number of nitro benzene ring substituents is 1. The van der Waals surface area contributed by atoms with Crippen molar-refractivity contribution in [3.8, 4) is 0 Å². The summed E-state index contributed by atoms with van der Waals surface area (Å²) in [6, 6.07) is 5.43. The summed E-state index contributed by atoms with van der Waals surface area (Å²) in [6.07, 6.45) is -1.04. The van der Waals surface area contributed by atoms with E-state index in [-0.39, 0.29) is 11.3 Å². The van der Waals surface area contributed by atoms with E-state index in [9.17, 15) is 19.7 Å². The van der Waals surface area contributed by atoms with Crippen LogP contribution in [-0.4, -0.2) is 28.4 Å². The van der Waals surface area contributed by atoms with E-state index in [1.807, 2.05) is 0 Å². The molecule has 21 heavy (non-hydrogen) atoms. The molecule has 0 spiro atoms. The second-order valence-electron chi connectivity index (χ2n) is 5.56. The second-order valence-corrected chi connectivity index (χ2v) is 5.56. The molecule has 114 valence electrons. The zero-order valence-corrected chi connectivity index (χ0v) is 12.4. The first kappa shape index (κ1) is 16.6. The highest BCUT2D eigenvalue weighted by molar-refractivity contribution is 5.95. The summed E-state index contributed by atoms with van der Waals surface area (Å²) in [5, 5.41) is 13.5. The number of nitrogens with zero attached hydrogens (tertiary/aromatic N) is 1. The van der Waals surface area contributed by atoms with Gasteiger partial charge in [0.25, 0.3) is 11.6 Å². The maximum atomic E-state index is 11.9. The molecule has 1 unspecified atom stereocenters. The third-order valence-corrected chi connectivity index (χ3v) is 2.47. The Kier molecular flexibility index (Phi) is 5.02. The van der Waals surface area contributed by atoms with Crippen LogP contribution in [0.4, 0.5) is 5.69 Å². The number of carbonyl (C=O) groups excluding carboxylic acids is 2. The van der Waals surface area contributed by atoms with Crippen LogP contribution in [0.3, 0.4) is 0 Å². The van der Waals surface area contributed by atoms with Crippen molar-refractivity contribution in [2.75, 3.05) is 0 Å². The predicted molar refractivity (Wildman–Crippen MR) is 75.9 cm³/mol. The van der Waals surface area contributed by atoms with E-state index in [0.717, 1.165) is 0 Å². The molecule has 0 saturated carbocycles. The molecular weight excluding hydrogens is 276 g/mol. The third kappa shape index (κ3) is 4.87. The van der Waals surface area contributed by atoms with Gasteiger partial charge in [0.1, 0.15) is 5.56 Å². The van der Waals surface area contributed by atoms with Gasteiger partial charge in [0, 0.05) is 11.6 Å². The van der Waals surface area contributed by atoms with Crippen molar-refractivity contribution >= 4 is 17.6 Å². The van der Waals surface area contributed by atoms with Crippen LogP contribution in [0.1, 0.15) is 38.1 Å². The number of benzene rings is 1. The van der Waals surface area contributed by atoms with Crippen LogP contribution >= 0.6 is 0 Å². The predicted octanol–water partition coefficient (Wildman–Crippen LogP) is 2.05. The lowest BCUT2D eigenvalue weighted by atomic mass is 10.1. The lowest BCUT2D eigenvalue weighted by Gasteiger charge is -2.23. The number of rotatable bonds is 4. The highest BCUT2D eigenvalue weighted by atomic mass is 16.6. The quantitative estimate of drug-likeness (QED) is 0.520. The van der Waals surface area contributed by atoms with Gasteiger partial charge in [-0.05, 0) is 33.8 Å². The maximum absolute atomic E-state index is 11.9. The van der Waals surface area contributed by atoms with Gasteiger partial charge in [-0.15, -0.1) is 0 Å². The minimum absolute atomic E-state index is 0.182. The maximum Gasteiger partial charge on any atom is 0.345 e. The Morgan fingerprint density at radius 1 is 1.29 bits per heavy atom. The van der Waals surface area contributed by atoms with Gasteiger partial charge in [-0.25, -0.2) is 4.79 Å². The number of nitrogens with one attached hydrogen (secondary N) is 1. The van der Waals surface area contributed by atoms with Gasteiger partial charge < -0.3 is 10.1 Å². The molecule has 1 aromatic rings. The number of amides is 1. The molecule has 1 atom stereocenters. The van der Waals surface area contributed by atoms with Crippen LogP contribution in [-0.2, 0) is 9.53 Å². The van der Waals surface area contributed by atoms with Gasteiger partial charge in [-0.1, -0.05) is 12.1 Å². The number of ether oxygens (including phenoxy) is 1. The van der Waals surface area contributed by atoms with Crippen LogP contribution in [0.5, 0.6) is 0 Å². The van der Waals surface area contributed by atoms with Gasteiger partial charge in [0.05, 0.1) is 4.92 Å². The standard InChI is InChI=1S/C14H18N2O5/c1-9(12(17)15-14(2,3)4)21-13(18)10-7-5-6-8-11(10)16(19)20/h5-9H,1-4H3,(H,15,17). The average Bonchev–Trinajstić information content (AvgIpc) is 2.36. The monoisotopic (exact) mass is 294 g/mol. The van der Waals surface area contributed by atoms with Crippen LogP contribution in [0.2, 0.25) is 0 Å². The lowest BCUT2D eigenvalue weighted by Crippen LogP contribution is -2.46. The molecule has 0 radical (unpaired) electrons. The number of nitro groups is 1. The van der Waals surface area contributed by atoms with E-state index in [0.29, 0.717) is 0 Å². The Balaban J connectivity index is 2.82. The Morgan fingerprint density at radius 3 is 2.38 bits per heavy atom. The molecule has 1 rings (SSSR count). The fourth-order valence-corrected chi connectivity index (χ4v) is 1.55. The zero-order chi connectivity index (χ0) is 16.2. The molecule has 7 heteroatoms. The lowest BCUT2D eigenvalue weighted by molar-refractivity contribution is -0.385. The van der Waals surface area contributed by atoms with Crippen molar-refractivity contribution in [1.82, 2.24) is 5.32 Å². The van der Waals surface area contributed by atoms with E-state index in [1.165, 1.54) is 31.2 Å². The molecule has 1 aromatic carbocycles. The van der Waals surface area contributed by atoms with E-state index in [2.05, 4.69) is 5.32 Å². The fraction of sp³-hybridized carbons (Fsp3) is 0.429. The van der Waals surface area contributed by atoms with E-state index >= 15 is 0 Å². The zero-order valence-electron chi connectivity index (χ0n) is 12.4. The summed E-state index contributed by atoms with van der Waals surface area (Å²) in [5.74, 6) is -1.37. The second kappa shape index (κ2) is 6.34. The van der Waals surface area contributed by atoms with Crippen molar-refractivity contribution < 1.29 is 19.2 Å². The SMILES string of the molecule is CC(OC(=O)c1ccccc1[N+](=O)[O-])C(=O)NC(C)(C)C. The highest BCUT2D eigenvalue weighted by Crippen LogP contribution is 2.19. The van der Waals surface area contributed by atoms with Crippen LogP contribution in [0, 0.1) is 10.1 Å². The number of para-hydroxylation sites is 1. The third-order valence-electron chi connectivity index (χ3n) is 2.47. The first-order chi connectivity index (χ1) is 9.61. The van der Waals surface area contributed by atoms with Gasteiger partial charge in [-0.3, -0.25) is 14.9 Å². The number of hydrogen-bond donors (Lipinski definition) is 1. The van der Waals surface area contributed by atoms with Crippen LogP contribution < -0.4 is 5.32 Å². The summed E-state index contributed by atoms with van der Waals surface area (Å²) in [4.78, 5) is 33.9. The first-order valence-electron chi connectivity index (χ1n) is 6.38. The number of carbonyl (C=O) groups is 2.